The predicted octanol–water partition coefficient (Wildman–Crippen LogP) is 2.23. The van der Waals surface area contributed by atoms with Gasteiger partial charge >= 0.3 is 5.97 Å². The third kappa shape index (κ3) is 1.96. The molecule has 1 aromatic rings. The second kappa shape index (κ2) is 4.23. The highest BCUT2D eigenvalue weighted by atomic mass is 35.5. The van der Waals surface area contributed by atoms with Gasteiger partial charge in [0.15, 0.2) is 0 Å². The summed E-state index contributed by atoms with van der Waals surface area (Å²) in [7, 11) is 0. The Hall–Kier alpha value is -0.650. The Bertz CT molecular complexity index is 450. The molecule has 1 N–H and O–H groups in total. The van der Waals surface area contributed by atoms with Crippen molar-refractivity contribution in [1.29, 1.82) is 0 Å². The lowest BCUT2D eigenvalue weighted by Gasteiger charge is -2.21. The zero-order valence-corrected chi connectivity index (χ0v) is 10.7. The summed E-state index contributed by atoms with van der Waals surface area (Å²) in [4.78, 5) is 17.7. The van der Waals surface area contributed by atoms with Crippen LogP contribution in [0.1, 0.15) is 24.3 Å². The van der Waals surface area contributed by atoms with Crippen LogP contribution in [0.2, 0.25) is 4.34 Å². The van der Waals surface area contributed by atoms with Crippen molar-refractivity contribution >= 4 is 28.9 Å². The van der Waals surface area contributed by atoms with Gasteiger partial charge in [-0.25, -0.2) is 4.98 Å². The first-order chi connectivity index (χ1) is 8.15. The number of aromatic nitrogens is 1. The Kier molecular flexibility index (Phi) is 2.84. The maximum absolute atomic E-state index is 11.1. The van der Waals surface area contributed by atoms with Crippen LogP contribution in [0.5, 0.6) is 0 Å². The van der Waals surface area contributed by atoms with E-state index < -0.39 is 5.97 Å². The molecule has 3 rings (SSSR count). The Morgan fingerprint density at radius 3 is 3.06 bits per heavy atom. The number of fused-ring (bicyclic) bond motifs is 2. The molecule has 0 amide bonds. The molecule has 0 aromatic carbocycles. The van der Waals surface area contributed by atoms with E-state index in [-0.39, 0.29) is 12.0 Å². The second-order valence-electron chi connectivity index (χ2n) is 4.71. The Balaban J connectivity index is 1.75. The first kappa shape index (κ1) is 11.4. The highest BCUT2D eigenvalue weighted by molar-refractivity contribution is 7.15. The molecule has 0 saturated carbocycles. The first-order valence-corrected chi connectivity index (χ1v) is 6.93. The zero-order chi connectivity index (χ0) is 12.0. The SMILES string of the molecule is O=C(O)C1CC2CCC1N2Cc1ncc(Cl)s1. The number of aliphatic carboxylic acids is 1. The summed E-state index contributed by atoms with van der Waals surface area (Å²) in [6, 6.07) is 0.615. The minimum absolute atomic E-state index is 0.191. The molecule has 17 heavy (non-hydrogen) atoms. The van der Waals surface area contributed by atoms with Gasteiger partial charge in [-0.3, -0.25) is 9.69 Å². The van der Waals surface area contributed by atoms with Crippen LogP contribution >= 0.6 is 22.9 Å². The standard InChI is InChI=1S/C11H13ClN2O2S/c12-9-4-13-10(17-9)5-14-6-1-2-8(14)7(3-6)11(15)16/h4,6-8H,1-3,5H2,(H,15,16). The van der Waals surface area contributed by atoms with Gasteiger partial charge in [0.25, 0.3) is 0 Å². The van der Waals surface area contributed by atoms with E-state index in [2.05, 4.69) is 9.88 Å². The fraction of sp³-hybridized carbons (Fsp3) is 0.636. The average Bonchev–Trinajstić information content (AvgIpc) is 2.95. The largest absolute Gasteiger partial charge is 0.481 e. The molecule has 2 bridgehead atoms. The van der Waals surface area contributed by atoms with E-state index in [4.69, 9.17) is 16.7 Å². The maximum Gasteiger partial charge on any atom is 0.308 e. The quantitative estimate of drug-likeness (QED) is 0.917. The van der Waals surface area contributed by atoms with E-state index in [1.54, 1.807) is 6.20 Å². The summed E-state index contributed by atoms with van der Waals surface area (Å²) in [6.45, 7) is 0.747. The molecule has 4 nitrogen and oxygen atoms in total. The molecule has 3 atom stereocenters. The molecule has 3 heterocycles. The highest BCUT2D eigenvalue weighted by Crippen LogP contribution is 2.42. The van der Waals surface area contributed by atoms with E-state index in [0.717, 1.165) is 30.8 Å². The van der Waals surface area contributed by atoms with Crippen LogP contribution in [0.25, 0.3) is 0 Å². The fourth-order valence-electron chi connectivity index (χ4n) is 3.13. The molecule has 0 radical (unpaired) electrons. The number of carboxylic acid groups (broad SMARTS) is 1. The molecule has 2 aliphatic heterocycles. The summed E-state index contributed by atoms with van der Waals surface area (Å²) < 4.78 is 0.696. The first-order valence-electron chi connectivity index (χ1n) is 5.74. The highest BCUT2D eigenvalue weighted by Gasteiger charge is 2.49. The Morgan fingerprint density at radius 2 is 2.47 bits per heavy atom. The topological polar surface area (TPSA) is 53.4 Å². The van der Waals surface area contributed by atoms with Crippen molar-refractivity contribution < 1.29 is 9.90 Å². The number of carbonyl (C=O) groups is 1. The number of rotatable bonds is 3. The number of hydrogen-bond acceptors (Lipinski definition) is 4. The molecule has 6 heteroatoms. The van der Waals surface area contributed by atoms with Crippen LogP contribution in [0.4, 0.5) is 0 Å². The molecule has 2 fully saturated rings. The lowest BCUT2D eigenvalue weighted by molar-refractivity contribution is -0.142. The van der Waals surface area contributed by atoms with Crippen molar-refractivity contribution in [2.24, 2.45) is 5.92 Å². The third-order valence-corrected chi connectivity index (χ3v) is 4.94. The smallest absolute Gasteiger partial charge is 0.308 e. The summed E-state index contributed by atoms with van der Waals surface area (Å²) in [6.07, 6.45) is 4.57. The normalized spacial score (nSPS) is 32.2. The Labute approximate surface area is 108 Å². The van der Waals surface area contributed by atoms with Gasteiger partial charge in [0.05, 0.1) is 18.7 Å². The number of hydrogen-bond donors (Lipinski definition) is 1. The van der Waals surface area contributed by atoms with Gasteiger partial charge in [0, 0.05) is 12.1 Å². The van der Waals surface area contributed by atoms with Crippen LogP contribution in [-0.2, 0) is 11.3 Å². The van der Waals surface area contributed by atoms with Gasteiger partial charge in [-0.2, -0.15) is 0 Å². The van der Waals surface area contributed by atoms with Crippen molar-refractivity contribution in [2.45, 2.75) is 37.9 Å². The van der Waals surface area contributed by atoms with Gasteiger partial charge in [0.1, 0.15) is 9.34 Å². The predicted molar refractivity (Wildman–Crippen MR) is 65.2 cm³/mol. The van der Waals surface area contributed by atoms with Crippen molar-refractivity contribution in [3.63, 3.8) is 0 Å². The number of halogens is 1. The molecule has 1 aromatic heterocycles. The fourth-order valence-corrected chi connectivity index (χ4v) is 4.10. The molecule has 2 aliphatic rings. The number of carboxylic acids is 1. The molecule has 2 saturated heterocycles. The van der Waals surface area contributed by atoms with E-state index in [0.29, 0.717) is 10.4 Å². The van der Waals surface area contributed by atoms with Crippen LogP contribution in [0, 0.1) is 5.92 Å². The molecule has 3 unspecified atom stereocenters. The third-order valence-electron chi connectivity index (χ3n) is 3.84. The van der Waals surface area contributed by atoms with Gasteiger partial charge < -0.3 is 5.11 Å². The Morgan fingerprint density at radius 1 is 1.65 bits per heavy atom. The lowest BCUT2D eigenvalue weighted by Crippen LogP contribution is -2.32. The maximum atomic E-state index is 11.1. The van der Waals surface area contributed by atoms with Crippen LogP contribution < -0.4 is 0 Å². The summed E-state index contributed by atoms with van der Waals surface area (Å²) in [5, 5.41) is 10.1. The monoisotopic (exact) mass is 272 g/mol. The van der Waals surface area contributed by atoms with E-state index in [9.17, 15) is 4.79 Å². The van der Waals surface area contributed by atoms with Gasteiger partial charge in [-0.05, 0) is 19.3 Å². The molecular weight excluding hydrogens is 260 g/mol. The van der Waals surface area contributed by atoms with Crippen LogP contribution in [-0.4, -0.2) is 33.0 Å². The number of thiazole rings is 1. The zero-order valence-electron chi connectivity index (χ0n) is 9.17. The van der Waals surface area contributed by atoms with Gasteiger partial charge in [-0.15, -0.1) is 11.3 Å². The molecule has 92 valence electrons. The van der Waals surface area contributed by atoms with Crippen molar-refractivity contribution in [3.8, 4) is 0 Å². The van der Waals surface area contributed by atoms with Crippen LogP contribution in [0.3, 0.4) is 0 Å². The minimum Gasteiger partial charge on any atom is -0.481 e. The molecule has 0 spiro atoms. The van der Waals surface area contributed by atoms with Gasteiger partial charge in [-0.1, -0.05) is 11.6 Å². The van der Waals surface area contributed by atoms with E-state index in [1.807, 2.05) is 0 Å². The summed E-state index contributed by atoms with van der Waals surface area (Å²) in [5.41, 5.74) is 0. The molecule has 0 aliphatic carbocycles. The van der Waals surface area contributed by atoms with Crippen molar-refractivity contribution in [2.75, 3.05) is 0 Å². The van der Waals surface area contributed by atoms with E-state index in [1.165, 1.54) is 11.3 Å². The van der Waals surface area contributed by atoms with Gasteiger partial charge in [0.2, 0.25) is 0 Å². The minimum atomic E-state index is -0.653. The van der Waals surface area contributed by atoms with Crippen LogP contribution in [0.15, 0.2) is 6.20 Å². The summed E-state index contributed by atoms with van der Waals surface area (Å²) in [5.74, 6) is -0.844. The lowest BCUT2D eigenvalue weighted by atomic mass is 9.89. The summed E-state index contributed by atoms with van der Waals surface area (Å²) >= 11 is 7.34. The van der Waals surface area contributed by atoms with Crippen molar-refractivity contribution in [1.82, 2.24) is 9.88 Å². The molecular formula is C11H13ClN2O2S. The second-order valence-corrected chi connectivity index (χ2v) is 6.46. The average molecular weight is 273 g/mol. The van der Waals surface area contributed by atoms with Crippen molar-refractivity contribution in [3.05, 3.63) is 15.5 Å². The van der Waals surface area contributed by atoms with E-state index >= 15 is 0 Å². The number of nitrogens with zero attached hydrogens (tertiary/aromatic N) is 2.